The molecular formula is C21H23ClN4O3. The molecule has 0 aliphatic carbocycles. The lowest BCUT2D eigenvalue weighted by atomic mass is 9.86. The SMILES string of the molecule is COC(=O)[C@@H](NC(=O)c1cc(-n2cccc2)n(-c2ccc(Cl)cc2)n1)C(C)(C)C. The third-order valence-electron chi connectivity index (χ3n) is 4.44. The van der Waals surface area contributed by atoms with Crippen LogP contribution in [0.3, 0.4) is 0 Å². The summed E-state index contributed by atoms with van der Waals surface area (Å²) in [5.41, 5.74) is 0.407. The van der Waals surface area contributed by atoms with E-state index in [1.165, 1.54) is 7.11 Å². The monoisotopic (exact) mass is 414 g/mol. The number of hydrogen-bond acceptors (Lipinski definition) is 4. The first-order valence-corrected chi connectivity index (χ1v) is 9.46. The zero-order valence-electron chi connectivity index (χ0n) is 16.7. The largest absolute Gasteiger partial charge is 0.467 e. The van der Waals surface area contributed by atoms with Crippen LogP contribution in [-0.4, -0.2) is 39.4 Å². The molecule has 152 valence electrons. The van der Waals surface area contributed by atoms with Crippen LogP contribution in [0, 0.1) is 5.41 Å². The third-order valence-corrected chi connectivity index (χ3v) is 4.69. The summed E-state index contributed by atoms with van der Waals surface area (Å²) < 4.78 is 8.34. The Morgan fingerprint density at radius 3 is 2.31 bits per heavy atom. The molecule has 0 radical (unpaired) electrons. The molecule has 3 aromatic rings. The van der Waals surface area contributed by atoms with E-state index in [1.807, 2.05) is 62.0 Å². The lowest BCUT2D eigenvalue weighted by molar-refractivity contribution is -0.145. The Morgan fingerprint density at radius 1 is 1.14 bits per heavy atom. The van der Waals surface area contributed by atoms with Gasteiger partial charge in [0.2, 0.25) is 0 Å². The highest BCUT2D eigenvalue weighted by Crippen LogP contribution is 2.22. The van der Waals surface area contributed by atoms with E-state index in [1.54, 1.807) is 22.9 Å². The predicted octanol–water partition coefficient (Wildman–Crippen LogP) is 3.63. The number of benzene rings is 1. The number of nitrogens with zero attached hydrogens (tertiary/aromatic N) is 3. The molecule has 2 aromatic heterocycles. The average Bonchev–Trinajstić information content (AvgIpc) is 3.34. The van der Waals surface area contributed by atoms with Gasteiger partial charge in [0, 0.05) is 23.5 Å². The van der Waals surface area contributed by atoms with Crippen molar-refractivity contribution in [3.05, 3.63) is 65.6 Å². The molecule has 0 aliphatic heterocycles. The summed E-state index contributed by atoms with van der Waals surface area (Å²) >= 11 is 5.99. The molecule has 0 fully saturated rings. The first-order valence-electron chi connectivity index (χ1n) is 9.09. The van der Waals surface area contributed by atoms with Gasteiger partial charge in [0.15, 0.2) is 5.69 Å². The molecule has 0 spiro atoms. The number of methoxy groups -OCH3 is 1. The summed E-state index contributed by atoms with van der Waals surface area (Å²) in [6, 6.07) is 11.8. The molecule has 1 atom stereocenters. The topological polar surface area (TPSA) is 78.1 Å². The van der Waals surface area contributed by atoms with Gasteiger partial charge < -0.3 is 14.6 Å². The van der Waals surface area contributed by atoms with Crippen molar-refractivity contribution < 1.29 is 14.3 Å². The fourth-order valence-corrected chi connectivity index (χ4v) is 3.00. The number of rotatable bonds is 5. The van der Waals surface area contributed by atoms with Crippen molar-refractivity contribution in [1.29, 1.82) is 0 Å². The molecule has 1 amide bonds. The standard InChI is InChI=1S/C21H23ClN4O3/c1-21(2,3)18(20(28)29-4)23-19(27)16-13-17(25-11-5-6-12-25)26(24-16)15-9-7-14(22)8-10-15/h5-13,18H,1-4H3,(H,23,27)/t18-/m1/s1. The number of halogens is 1. The van der Waals surface area contributed by atoms with Crippen molar-refractivity contribution in [2.75, 3.05) is 7.11 Å². The Labute approximate surface area is 174 Å². The van der Waals surface area contributed by atoms with Crippen molar-refractivity contribution in [3.8, 4) is 11.5 Å². The van der Waals surface area contributed by atoms with Crippen molar-refractivity contribution in [1.82, 2.24) is 19.7 Å². The van der Waals surface area contributed by atoms with Crippen LogP contribution in [0.15, 0.2) is 54.9 Å². The second-order valence-corrected chi connectivity index (χ2v) is 8.10. The maximum atomic E-state index is 12.9. The minimum absolute atomic E-state index is 0.182. The number of esters is 1. The van der Waals surface area contributed by atoms with Gasteiger partial charge in [-0.05, 0) is 41.8 Å². The molecule has 7 nitrogen and oxygen atoms in total. The average molecular weight is 415 g/mol. The van der Waals surface area contributed by atoms with E-state index in [-0.39, 0.29) is 5.69 Å². The number of aromatic nitrogens is 3. The van der Waals surface area contributed by atoms with Gasteiger partial charge in [0.1, 0.15) is 11.9 Å². The molecule has 0 saturated carbocycles. The first kappa shape index (κ1) is 20.7. The van der Waals surface area contributed by atoms with Crippen LogP contribution in [0.2, 0.25) is 5.02 Å². The zero-order chi connectivity index (χ0) is 21.2. The molecule has 0 bridgehead atoms. The molecule has 0 saturated heterocycles. The number of ether oxygens (including phenoxy) is 1. The van der Waals surface area contributed by atoms with E-state index in [2.05, 4.69) is 10.4 Å². The summed E-state index contributed by atoms with van der Waals surface area (Å²) in [5.74, 6) is -0.294. The smallest absolute Gasteiger partial charge is 0.328 e. The molecule has 1 aromatic carbocycles. The van der Waals surface area contributed by atoms with Gasteiger partial charge in [-0.2, -0.15) is 5.10 Å². The van der Waals surface area contributed by atoms with Gasteiger partial charge in [-0.15, -0.1) is 0 Å². The zero-order valence-corrected chi connectivity index (χ0v) is 17.5. The van der Waals surface area contributed by atoms with Crippen LogP contribution in [-0.2, 0) is 9.53 Å². The lowest BCUT2D eigenvalue weighted by Gasteiger charge is -2.28. The normalized spacial score (nSPS) is 12.4. The highest BCUT2D eigenvalue weighted by molar-refractivity contribution is 6.30. The molecule has 3 rings (SSSR count). The van der Waals surface area contributed by atoms with Crippen LogP contribution < -0.4 is 5.32 Å². The quantitative estimate of drug-likeness (QED) is 0.646. The summed E-state index contributed by atoms with van der Waals surface area (Å²) in [6.45, 7) is 5.56. The summed E-state index contributed by atoms with van der Waals surface area (Å²) in [4.78, 5) is 25.1. The Kier molecular flexibility index (Phi) is 5.79. The van der Waals surface area contributed by atoms with Crippen LogP contribution in [0.25, 0.3) is 11.5 Å². The van der Waals surface area contributed by atoms with Crippen LogP contribution in [0.4, 0.5) is 0 Å². The molecule has 0 unspecified atom stereocenters. The van der Waals surface area contributed by atoms with Gasteiger partial charge >= 0.3 is 5.97 Å². The van der Waals surface area contributed by atoms with Gasteiger partial charge in [-0.25, -0.2) is 9.48 Å². The Balaban J connectivity index is 1.99. The first-order chi connectivity index (χ1) is 13.7. The molecular weight excluding hydrogens is 392 g/mol. The van der Waals surface area contributed by atoms with E-state index >= 15 is 0 Å². The fourth-order valence-electron chi connectivity index (χ4n) is 2.88. The van der Waals surface area contributed by atoms with E-state index in [0.29, 0.717) is 10.8 Å². The van der Waals surface area contributed by atoms with Crippen LogP contribution in [0.5, 0.6) is 0 Å². The third kappa shape index (κ3) is 4.51. The van der Waals surface area contributed by atoms with Gasteiger partial charge in [-0.3, -0.25) is 4.79 Å². The van der Waals surface area contributed by atoms with Crippen molar-refractivity contribution in [3.63, 3.8) is 0 Å². The number of carbonyl (C=O) groups excluding carboxylic acids is 2. The minimum atomic E-state index is -0.810. The van der Waals surface area contributed by atoms with E-state index < -0.39 is 23.3 Å². The Hall–Kier alpha value is -3.06. The maximum Gasteiger partial charge on any atom is 0.328 e. The maximum absolute atomic E-state index is 12.9. The van der Waals surface area contributed by atoms with Crippen molar-refractivity contribution in [2.24, 2.45) is 5.41 Å². The molecule has 0 aliphatic rings. The highest BCUT2D eigenvalue weighted by Gasteiger charge is 2.34. The molecule has 29 heavy (non-hydrogen) atoms. The second kappa shape index (κ2) is 8.13. The highest BCUT2D eigenvalue weighted by atomic mass is 35.5. The van der Waals surface area contributed by atoms with Gasteiger partial charge in [0.05, 0.1) is 12.8 Å². The number of nitrogens with one attached hydrogen (secondary N) is 1. The Bertz CT molecular complexity index is 1000. The lowest BCUT2D eigenvalue weighted by Crippen LogP contribution is -2.49. The van der Waals surface area contributed by atoms with Crippen LogP contribution >= 0.6 is 11.6 Å². The molecule has 1 N–H and O–H groups in total. The fraction of sp³-hybridized carbons (Fsp3) is 0.286. The van der Waals surface area contributed by atoms with Crippen molar-refractivity contribution in [2.45, 2.75) is 26.8 Å². The van der Waals surface area contributed by atoms with Gasteiger partial charge in [0.25, 0.3) is 5.91 Å². The second-order valence-electron chi connectivity index (χ2n) is 7.66. The number of hydrogen-bond donors (Lipinski definition) is 1. The van der Waals surface area contributed by atoms with E-state index in [9.17, 15) is 9.59 Å². The summed E-state index contributed by atoms with van der Waals surface area (Å²) in [6.07, 6.45) is 3.72. The molecule has 8 heteroatoms. The van der Waals surface area contributed by atoms with Crippen LogP contribution in [0.1, 0.15) is 31.3 Å². The number of carbonyl (C=O) groups is 2. The predicted molar refractivity (Wildman–Crippen MR) is 111 cm³/mol. The molecule has 2 heterocycles. The summed E-state index contributed by atoms with van der Waals surface area (Å²) in [7, 11) is 1.30. The van der Waals surface area contributed by atoms with E-state index in [0.717, 1.165) is 5.69 Å². The van der Waals surface area contributed by atoms with Crippen molar-refractivity contribution >= 4 is 23.5 Å². The van der Waals surface area contributed by atoms with E-state index in [4.69, 9.17) is 16.3 Å². The Morgan fingerprint density at radius 2 is 1.76 bits per heavy atom. The van der Waals surface area contributed by atoms with Gasteiger partial charge in [-0.1, -0.05) is 32.4 Å². The minimum Gasteiger partial charge on any atom is -0.467 e. The number of amides is 1. The summed E-state index contributed by atoms with van der Waals surface area (Å²) in [5, 5.41) is 7.83.